The molecule has 0 spiro atoms. The van der Waals surface area contributed by atoms with Crippen LogP contribution in [0.2, 0.25) is 0 Å². The first-order chi connectivity index (χ1) is 11.1. The van der Waals surface area contributed by atoms with Crippen molar-refractivity contribution in [2.24, 2.45) is 0 Å². The number of benzene rings is 1. The average Bonchev–Trinajstić information content (AvgIpc) is 2.96. The van der Waals surface area contributed by atoms with Crippen molar-refractivity contribution in [3.63, 3.8) is 0 Å². The molecule has 1 N–H and O–H groups in total. The normalized spacial score (nSPS) is 10.6. The van der Waals surface area contributed by atoms with Crippen molar-refractivity contribution in [1.29, 1.82) is 0 Å². The molecule has 0 saturated carbocycles. The zero-order valence-electron chi connectivity index (χ0n) is 13.4. The predicted molar refractivity (Wildman–Crippen MR) is 90.6 cm³/mol. The number of amides is 1. The minimum absolute atomic E-state index is 0.256. The van der Waals surface area contributed by atoms with E-state index in [0.717, 1.165) is 10.4 Å². The highest BCUT2D eigenvalue weighted by Gasteiger charge is 2.12. The lowest BCUT2D eigenvalue weighted by Gasteiger charge is -2.12. The van der Waals surface area contributed by atoms with Gasteiger partial charge in [0.25, 0.3) is 0 Å². The predicted octanol–water partition coefficient (Wildman–Crippen LogP) is 3.13. The molecule has 0 aliphatic heterocycles. The number of aryl methyl sites for hydroxylation is 1. The zero-order chi connectivity index (χ0) is 16.8. The van der Waals surface area contributed by atoms with Crippen LogP contribution in [-0.2, 0) is 4.79 Å². The van der Waals surface area contributed by atoms with Crippen molar-refractivity contribution < 1.29 is 19.0 Å². The third-order valence-electron chi connectivity index (χ3n) is 2.97. The molecule has 0 fully saturated rings. The molecule has 0 saturated heterocycles. The lowest BCUT2D eigenvalue weighted by molar-refractivity contribution is -0.111. The molecule has 23 heavy (non-hydrogen) atoms. The van der Waals surface area contributed by atoms with Gasteiger partial charge in [-0.2, -0.15) is 0 Å². The summed E-state index contributed by atoms with van der Waals surface area (Å²) in [5, 5.41) is 3.28. The minimum atomic E-state index is -0.256. The van der Waals surface area contributed by atoms with Crippen LogP contribution in [0.5, 0.6) is 17.2 Å². The van der Waals surface area contributed by atoms with E-state index in [1.54, 1.807) is 45.7 Å². The number of carbonyl (C=O) groups excluding carboxylic acids is 1. The molecule has 0 aliphatic carbocycles. The number of aromatic nitrogens is 1. The maximum atomic E-state index is 11.9. The molecule has 1 aromatic carbocycles. The third kappa shape index (κ3) is 4.23. The fourth-order valence-corrected chi connectivity index (χ4v) is 2.60. The Morgan fingerprint density at radius 1 is 1.17 bits per heavy atom. The van der Waals surface area contributed by atoms with Crippen LogP contribution in [0.15, 0.2) is 24.4 Å². The van der Waals surface area contributed by atoms with E-state index in [1.165, 1.54) is 17.4 Å². The van der Waals surface area contributed by atoms with Crippen molar-refractivity contribution >= 4 is 28.5 Å². The first-order valence-corrected chi connectivity index (χ1v) is 7.60. The summed E-state index contributed by atoms with van der Waals surface area (Å²) < 4.78 is 15.8. The van der Waals surface area contributed by atoms with E-state index in [4.69, 9.17) is 14.2 Å². The maximum absolute atomic E-state index is 11.9. The van der Waals surface area contributed by atoms with Crippen LogP contribution in [0.3, 0.4) is 0 Å². The van der Waals surface area contributed by atoms with E-state index >= 15 is 0 Å². The van der Waals surface area contributed by atoms with Gasteiger partial charge in [0.2, 0.25) is 11.7 Å². The molecule has 0 atom stereocenters. The molecular weight excluding hydrogens is 316 g/mol. The summed E-state index contributed by atoms with van der Waals surface area (Å²) in [4.78, 5) is 17.0. The number of ether oxygens (including phenoxy) is 3. The molecule has 6 nitrogen and oxygen atoms in total. The Bertz CT molecular complexity index is 700. The van der Waals surface area contributed by atoms with Crippen LogP contribution in [-0.4, -0.2) is 32.2 Å². The van der Waals surface area contributed by atoms with E-state index in [1.807, 2.05) is 6.92 Å². The summed E-state index contributed by atoms with van der Waals surface area (Å²) in [6.45, 7) is 1.93. The molecule has 0 aliphatic rings. The van der Waals surface area contributed by atoms with Crippen LogP contribution >= 0.6 is 11.3 Å². The van der Waals surface area contributed by atoms with Crippen LogP contribution in [0.25, 0.3) is 6.08 Å². The first-order valence-electron chi connectivity index (χ1n) is 6.79. The fraction of sp³-hybridized carbons (Fsp3) is 0.250. The Morgan fingerprint density at radius 3 is 2.30 bits per heavy atom. The quantitative estimate of drug-likeness (QED) is 0.822. The van der Waals surface area contributed by atoms with E-state index in [-0.39, 0.29) is 5.91 Å². The van der Waals surface area contributed by atoms with Gasteiger partial charge in [-0.1, -0.05) is 0 Å². The summed E-state index contributed by atoms with van der Waals surface area (Å²) in [5.41, 5.74) is 0.755. The lowest BCUT2D eigenvalue weighted by Crippen LogP contribution is -2.07. The monoisotopic (exact) mass is 334 g/mol. The van der Waals surface area contributed by atoms with Crippen molar-refractivity contribution in [3.8, 4) is 17.2 Å². The zero-order valence-corrected chi connectivity index (χ0v) is 14.2. The van der Waals surface area contributed by atoms with Crippen molar-refractivity contribution in [2.45, 2.75) is 6.92 Å². The largest absolute Gasteiger partial charge is 0.493 e. The highest BCUT2D eigenvalue weighted by atomic mass is 32.1. The lowest BCUT2D eigenvalue weighted by atomic mass is 10.1. The molecule has 1 aromatic heterocycles. The van der Waals surface area contributed by atoms with Gasteiger partial charge in [0, 0.05) is 17.2 Å². The second-order valence-corrected chi connectivity index (χ2v) is 5.79. The number of rotatable bonds is 6. The number of thiazole rings is 1. The SMILES string of the molecule is COc1cc(/C=C/C(=O)Nc2ncc(C)s2)cc(OC)c1OC. The fourth-order valence-electron chi connectivity index (χ4n) is 1.93. The van der Waals surface area contributed by atoms with E-state index in [9.17, 15) is 4.79 Å². The highest BCUT2D eigenvalue weighted by Crippen LogP contribution is 2.38. The minimum Gasteiger partial charge on any atom is -0.493 e. The number of nitrogens with zero attached hydrogens (tertiary/aromatic N) is 1. The van der Waals surface area contributed by atoms with Crippen LogP contribution in [0, 0.1) is 6.92 Å². The van der Waals surface area contributed by atoms with Gasteiger partial charge in [-0.15, -0.1) is 11.3 Å². The molecule has 0 unspecified atom stereocenters. The van der Waals surface area contributed by atoms with Crippen molar-refractivity contribution in [3.05, 3.63) is 34.8 Å². The maximum Gasteiger partial charge on any atom is 0.250 e. The second kappa shape index (κ2) is 7.64. The Balaban J connectivity index is 2.16. The standard InChI is InChI=1S/C16H18N2O4S/c1-10-9-17-16(23-10)18-14(19)6-5-11-7-12(20-2)15(22-4)13(8-11)21-3/h5-9H,1-4H3,(H,17,18,19)/b6-5+. The van der Waals surface area contributed by atoms with Gasteiger partial charge in [0.15, 0.2) is 16.6 Å². The molecule has 122 valence electrons. The van der Waals surface area contributed by atoms with Gasteiger partial charge in [-0.25, -0.2) is 4.98 Å². The third-order valence-corrected chi connectivity index (χ3v) is 3.79. The van der Waals surface area contributed by atoms with Gasteiger partial charge in [0.05, 0.1) is 21.3 Å². The molecule has 1 amide bonds. The summed E-state index contributed by atoms with van der Waals surface area (Å²) in [5.74, 6) is 1.31. The number of methoxy groups -OCH3 is 3. The van der Waals surface area contributed by atoms with Gasteiger partial charge >= 0.3 is 0 Å². The first kappa shape index (κ1) is 16.8. The van der Waals surface area contributed by atoms with Gasteiger partial charge in [-0.3, -0.25) is 10.1 Å². The molecule has 0 radical (unpaired) electrons. The van der Waals surface area contributed by atoms with Crippen molar-refractivity contribution in [1.82, 2.24) is 4.98 Å². The molecule has 2 aromatic rings. The number of carbonyl (C=O) groups is 1. The number of nitrogens with one attached hydrogen (secondary N) is 1. The summed E-state index contributed by atoms with van der Waals surface area (Å²) in [7, 11) is 4.63. The van der Waals surface area contributed by atoms with Crippen molar-refractivity contribution in [2.75, 3.05) is 26.6 Å². The Kier molecular flexibility index (Phi) is 5.59. The van der Waals surface area contributed by atoms with Crippen LogP contribution in [0.4, 0.5) is 5.13 Å². The summed E-state index contributed by atoms with van der Waals surface area (Å²) in [6.07, 6.45) is 4.81. The van der Waals surface area contributed by atoms with E-state index < -0.39 is 0 Å². The summed E-state index contributed by atoms with van der Waals surface area (Å²) >= 11 is 1.42. The molecule has 0 bridgehead atoms. The van der Waals surface area contributed by atoms with E-state index in [2.05, 4.69) is 10.3 Å². The Morgan fingerprint density at radius 2 is 1.83 bits per heavy atom. The average molecular weight is 334 g/mol. The van der Waals surface area contributed by atoms with Crippen LogP contribution in [0.1, 0.15) is 10.4 Å². The van der Waals surface area contributed by atoms with Gasteiger partial charge < -0.3 is 14.2 Å². The molecule has 2 rings (SSSR count). The van der Waals surface area contributed by atoms with Gasteiger partial charge in [0.1, 0.15) is 0 Å². The number of hydrogen-bond acceptors (Lipinski definition) is 6. The van der Waals surface area contributed by atoms with Crippen LogP contribution < -0.4 is 19.5 Å². The van der Waals surface area contributed by atoms with E-state index in [0.29, 0.717) is 22.4 Å². The smallest absolute Gasteiger partial charge is 0.250 e. The topological polar surface area (TPSA) is 69.7 Å². The molecule has 7 heteroatoms. The number of hydrogen-bond donors (Lipinski definition) is 1. The Hall–Kier alpha value is -2.54. The highest BCUT2D eigenvalue weighted by molar-refractivity contribution is 7.15. The molecular formula is C16H18N2O4S. The van der Waals surface area contributed by atoms with Gasteiger partial charge in [-0.05, 0) is 30.7 Å². The second-order valence-electron chi connectivity index (χ2n) is 4.56. The number of anilines is 1. The summed E-state index contributed by atoms with van der Waals surface area (Å²) in [6, 6.07) is 3.53. The Labute approximate surface area is 138 Å². The molecule has 1 heterocycles.